The summed E-state index contributed by atoms with van der Waals surface area (Å²) in [6, 6.07) is 11.8. The minimum atomic E-state index is -0.326. The molecule has 7 heteroatoms. The van der Waals surface area contributed by atoms with Crippen molar-refractivity contribution in [3.05, 3.63) is 52.9 Å². The van der Waals surface area contributed by atoms with Crippen LogP contribution in [-0.2, 0) is 9.53 Å². The molecule has 1 N–H and O–H groups in total. The fourth-order valence-electron chi connectivity index (χ4n) is 3.95. The smallest absolute Gasteiger partial charge is 0.261 e. The Morgan fingerprint density at radius 1 is 1.22 bits per heavy atom. The van der Waals surface area contributed by atoms with Gasteiger partial charge in [-0.25, -0.2) is 0 Å². The average Bonchev–Trinajstić information content (AvgIpc) is 3.10. The van der Waals surface area contributed by atoms with E-state index < -0.39 is 0 Å². The number of amides is 1. The lowest BCUT2D eigenvalue weighted by Gasteiger charge is -2.26. The van der Waals surface area contributed by atoms with E-state index in [0.29, 0.717) is 6.54 Å². The Labute approximate surface area is 190 Å². The maximum Gasteiger partial charge on any atom is 0.261 e. The predicted octanol–water partition coefficient (Wildman–Crippen LogP) is 3.24. The van der Waals surface area contributed by atoms with E-state index in [0.717, 1.165) is 74.1 Å². The van der Waals surface area contributed by atoms with Gasteiger partial charge in [-0.3, -0.25) is 9.69 Å². The van der Waals surface area contributed by atoms with Crippen molar-refractivity contribution in [2.24, 2.45) is 0 Å². The minimum Gasteiger partial charge on any atom is -0.497 e. The number of carbonyl (C=O) groups excluding carboxylic acids is 1. The molecule has 170 valence electrons. The molecular weight excluding hydrogens is 404 g/mol. The number of ether oxygens (including phenoxy) is 2. The van der Waals surface area contributed by atoms with Gasteiger partial charge in [-0.2, -0.15) is 5.26 Å². The number of unbranched alkanes of at least 4 members (excludes halogenated alkanes) is 1. The van der Waals surface area contributed by atoms with Crippen molar-refractivity contribution in [2.45, 2.75) is 26.7 Å². The first kappa shape index (κ1) is 23.6. The number of nitriles is 1. The lowest BCUT2D eigenvalue weighted by atomic mass is 10.1. The van der Waals surface area contributed by atoms with Gasteiger partial charge >= 0.3 is 0 Å². The molecule has 7 nitrogen and oxygen atoms in total. The second kappa shape index (κ2) is 11.5. The number of aryl methyl sites for hydroxylation is 1. The number of hydrogen-bond donors (Lipinski definition) is 1. The molecule has 2 aromatic rings. The molecular formula is C25H32N4O3. The van der Waals surface area contributed by atoms with Gasteiger partial charge < -0.3 is 19.4 Å². The summed E-state index contributed by atoms with van der Waals surface area (Å²) in [5.41, 5.74) is 3.98. The fraction of sp³-hybridized carbons (Fsp3) is 0.440. The van der Waals surface area contributed by atoms with E-state index in [-0.39, 0.29) is 11.5 Å². The van der Waals surface area contributed by atoms with Gasteiger partial charge in [0.25, 0.3) is 5.91 Å². The van der Waals surface area contributed by atoms with Crippen molar-refractivity contribution in [3.8, 4) is 17.5 Å². The van der Waals surface area contributed by atoms with Crippen LogP contribution in [0.15, 0.2) is 35.9 Å². The van der Waals surface area contributed by atoms with Crippen LogP contribution < -0.4 is 10.1 Å². The summed E-state index contributed by atoms with van der Waals surface area (Å²) in [7, 11) is 1.64. The summed E-state index contributed by atoms with van der Waals surface area (Å²) in [6.45, 7) is 9.12. The van der Waals surface area contributed by atoms with E-state index >= 15 is 0 Å². The summed E-state index contributed by atoms with van der Waals surface area (Å²) in [5.74, 6) is 0.470. The number of morpholine rings is 1. The SMILES string of the molecule is COc1ccc(-n2c(C)cc(C=C(C#N)C(=O)NCCCCN3CCOCC3)c2C)cc1. The van der Waals surface area contributed by atoms with Crippen molar-refractivity contribution in [1.29, 1.82) is 5.26 Å². The normalized spacial score (nSPS) is 14.8. The number of rotatable bonds is 9. The number of carbonyl (C=O) groups is 1. The predicted molar refractivity (Wildman–Crippen MR) is 125 cm³/mol. The molecule has 0 saturated carbocycles. The molecule has 1 aromatic carbocycles. The van der Waals surface area contributed by atoms with Gasteiger partial charge in [-0.05, 0) is 75.2 Å². The van der Waals surface area contributed by atoms with Crippen molar-refractivity contribution in [3.63, 3.8) is 0 Å². The third-order valence-corrected chi connectivity index (χ3v) is 5.76. The molecule has 0 unspecified atom stereocenters. The van der Waals surface area contributed by atoms with Crippen LogP contribution >= 0.6 is 0 Å². The molecule has 0 aliphatic carbocycles. The third-order valence-electron chi connectivity index (χ3n) is 5.76. The summed E-state index contributed by atoms with van der Waals surface area (Å²) >= 11 is 0. The number of benzene rings is 1. The van der Waals surface area contributed by atoms with E-state index in [2.05, 4.69) is 20.9 Å². The first-order chi connectivity index (χ1) is 15.5. The average molecular weight is 437 g/mol. The van der Waals surface area contributed by atoms with Crippen molar-refractivity contribution in [2.75, 3.05) is 46.5 Å². The molecule has 1 saturated heterocycles. The molecule has 0 atom stereocenters. The summed E-state index contributed by atoms with van der Waals surface area (Å²) < 4.78 is 12.7. The molecule has 0 radical (unpaired) electrons. The molecule has 3 rings (SSSR count). The molecule has 1 aromatic heterocycles. The van der Waals surface area contributed by atoms with Crippen LogP contribution in [0.3, 0.4) is 0 Å². The molecule has 1 aliphatic rings. The summed E-state index contributed by atoms with van der Waals surface area (Å²) in [6.07, 6.45) is 3.56. The standard InChI is InChI=1S/C25H32N4O3/c1-19-16-21(20(2)29(19)23-6-8-24(31-3)9-7-23)17-22(18-26)25(30)27-10-4-5-11-28-12-14-32-15-13-28/h6-9,16-17H,4-5,10-15H2,1-3H3,(H,27,30). The molecule has 1 fully saturated rings. The summed E-state index contributed by atoms with van der Waals surface area (Å²) in [5, 5.41) is 12.4. The Morgan fingerprint density at radius 3 is 2.59 bits per heavy atom. The largest absolute Gasteiger partial charge is 0.497 e. The zero-order chi connectivity index (χ0) is 22.9. The van der Waals surface area contributed by atoms with Gasteiger partial charge in [0.05, 0.1) is 20.3 Å². The van der Waals surface area contributed by atoms with Crippen LogP contribution in [0.25, 0.3) is 11.8 Å². The van der Waals surface area contributed by atoms with E-state index in [1.807, 2.05) is 44.2 Å². The number of nitrogens with one attached hydrogen (secondary N) is 1. The van der Waals surface area contributed by atoms with E-state index in [4.69, 9.17) is 9.47 Å². The maximum atomic E-state index is 12.5. The zero-order valence-electron chi connectivity index (χ0n) is 19.2. The Bertz CT molecular complexity index is 980. The van der Waals surface area contributed by atoms with E-state index in [1.54, 1.807) is 13.2 Å². The Balaban J connectivity index is 1.60. The van der Waals surface area contributed by atoms with E-state index in [9.17, 15) is 10.1 Å². The first-order valence-electron chi connectivity index (χ1n) is 11.1. The molecule has 2 heterocycles. The van der Waals surface area contributed by atoms with Crippen molar-refractivity contribution >= 4 is 12.0 Å². The molecule has 1 aliphatic heterocycles. The van der Waals surface area contributed by atoms with Crippen LogP contribution in [0.2, 0.25) is 0 Å². The zero-order valence-corrected chi connectivity index (χ0v) is 19.2. The topological polar surface area (TPSA) is 79.5 Å². The molecule has 1 amide bonds. The molecule has 0 bridgehead atoms. The highest BCUT2D eigenvalue weighted by Gasteiger charge is 2.14. The highest BCUT2D eigenvalue weighted by molar-refractivity contribution is 6.01. The quantitative estimate of drug-likeness (QED) is 0.371. The van der Waals surface area contributed by atoms with Crippen LogP contribution in [-0.4, -0.2) is 61.9 Å². The Hall–Kier alpha value is -3.08. The molecule has 32 heavy (non-hydrogen) atoms. The lowest BCUT2D eigenvalue weighted by molar-refractivity contribution is -0.117. The van der Waals surface area contributed by atoms with Crippen LogP contribution in [0, 0.1) is 25.2 Å². The second-order valence-electron chi connectivity index (χ2n) is 7.95. The minimum absolute atomic E-state index is 0.119. The highest BCUT2D eigenvalue weighted by atomic mass is 16.5. The number of methoxy groups -OCH3 is 1. The maximum absolute atomic E-state index is 12.5. The van der Waals surface area contributed by atoms with Crippen LogP contribution in [0.4, 0.5) is 0 Å². The lowest BCUT2D eigenvalue weighted by Crippen LogP contribution is -2.37. The Morgan fingerprint density at radius 2 is 1.94 bits per heavy atom. The first-order valence-corrected chi connectivity index (χ1v) is 11.1. The van der Waals surface area contributed by atoms with Gasteiger partial charge in [-0.15, -0.1) is 0 Å². The van der Waals surface area contributed by atoms with Gasteiger partial charge in [0.15, 0.2) is 0 Å². The monoisotopic (exact) mass is 436 g/mol. The third kappa shape index (κ3) is 6.00. The van der Waals surface area contributed by atoms with Gasteiger partial charge in [-0.1, -0.05) is 0 Å². The number of nitrogens with zero attached hydrogens (tertiary/aromatic N) is 3. The van der Waals surface area contributed by atoms with E-state index in [1.165, 1.54) is 0 Å². The van der Waals surface area contributed by atoms with Gasteiger partial charge in [0.2, 0.25) is 0 Å². The van der Waals surface area contributed by atoms with Gasteiger partial charge in [0, 0.05) is 36.7 Å². The summed E-state index contributed by atoms with van der Waals surface area (Å²) in [4.78, 5) is 14.9. The number of aromatic nitrogens is 1. The van der Waals surface area contributed by atoms with Gasteiger partial charge in [0.1, 0.15) is 17.4 Å². The van der Waals surface area contributed by atoms with Crippen LogP contribution in [0.5, 0.6) is 5.75 Å². The second-order valence-corrected chi connectivity index (χ2v) is 7.95. The molecule has 0 spiro atoms. The van der Waals surface area contributed by atoms with Crippen molar-refractivity contribution < 1.29 is 14.3 Å². The van der Waals surface area contributed by atoms with Crippen molar-refractivity contribution in [1.82, 2.24) is 14.8 Å². The number of hydrogen-bond acceptors (Lipinski definition) is 5. The highest BCUT2D eigenvalue weighted by Crippen LogP contribution is 2.24. The van der Waals surface area contributed by atoms with Crippen LogP contribution in [0.1, 0.15) is 29.8 Å². The fourth-order valence-corrected chi connectivity index (χ4v) is 3.95. The Kier molecular flexibility index (Phi) is 8.48.